The number of hydrogen-bond acceptors (Lipinski definition) is 1. The predicted octanol–water partition coefficient (Wildman–Crippen LogP) is 2.57. The van der Waals surface area contributed by atoms with Crippen molar-refractivity contribution in [3.05, 3.63) is 34.3 Å². The van der Waals surface area contributed by atoms with Gasteiger partial charge in [-0.15, -0.1) is 11.6 Å². The molecule has 0 aliphatic carbocycles. The lowest BCUT2D eigenvalue weighted by molar-refractivity contribution is 0.281. The molecule has 0 aliphatic heterocycles. The quantitative estimate of drug-likeness (QED) is 0.712. The molecule has 0 amide bonds. The third-order valence-electron chi connectivity index (χ3n) is 1.52. The standard InChI is InChI=1S/C8H8Cl2O/c9-4-6-2-1-3-8(10)7(6)5-11/h1-3,11H,4-5H2. The predicted molar refractivity (Wildman–Crippen MR) is 46.9 cm³/mol. The summed E-state index contributed by atoms with van der Waals surface area (Å²) in [6.07, 6.45) is 0. The molecule has 0 aromatic heterocycles. The lowest BCUT2D eigenvalue weighted by Gasteiger charge is -2.04. The van der Waals surface area contributed by atoms with Gasteiger partial charge in [0.25, 0.3) is 0 Å². The number of benzene rings is 1. The van der Waals surface area contributed by atoms with Crippen molar-refractivity contribution in [2.45, 2.75) is 12.5 Å². The van der Waals surface area contributed by atoms with Gasteiger partial charge in [0, 0.05) is 16.5 Å². The van der Waals surface area contributed by atoms with Crippen LogP contribution in [0.25, 0.3) is 0 Å². The van der Waals surface area contributed by atoms with Crippen molar-refractivity contribution in [2.75, 3.05) is 0 Å². The number of aliphatic hydroxyl groups is 1. The topological polar surface area (TPSA) is 20.2 Å². The van der Waals surface area contributed by atoms with Gasteiger partial charge in [0.15, 0.2) is 0 Å². The van der Waals surface area contributed by atoms with E-state index in [1.165, 1.54) is 0 Å². The molecule has 0 spiro atoms. The summed E-state index contributed by atoms with van der Waals surface area (Å²) in [6.45, 7) is -0.0538. The Balaban J connectivity index is 3.13. The average molecular weight is 191 g/mol. The molecule has 0 saturated carbocycles. The summed E-state index contributed by atoms with van der Waals surface area (Å²) in [6, 6.07) is 5.41. The van der Waals surface area contributed by atoms with E-state index in [9.17, 15) is 0 Å². The normalized spacial score (nSPS) is 10.1. The number of rotatable bonds is 2. The van der Waals surface area contributed by atoms with Crippen LogP contribution in [0.15, 0.2) is 18.2 Å². The number of halogens is 2. The van der Waals surface area contributed by atoms with Crippen LogP contribution in [0, 0.1) is 0 Å². The highest BCUT2D eigenvalue weighted by atomic mass is 35.5. The molecule has 0 unspecified atom stereocenters. The highest BCUT2D eigenvalue weighted by molar-refractivity contribution is 6.31. The second-order valence-corrected chi connectivity index (χ2v) is 2.84. The van der Waals surface area contributed by atoms with Gasteiger partial charge >= 0.3 is 0 Å². The molecule has 11 heavy (non-hydrogen) atoms. The minimum Gasteiger partial charge on any atom is -0.392 e. The van der Waals surface area contributed by atoms with Gasteiger partial charge in [-0.2, -0.15) is 0 Å². The van der Waals surface area contributed by atoms with Gasteiger partial charge < -0.3 is 5.11 Å². The fourth-order valence-electron chi connectivity index (χ4n) is 0.906. The second-order valence-electron chi connectivity index (χ2n) is 2.17. The zero-order chi connectivity index (χ0) is 8.27. The molecule has 0 bridgehead atoms. The number of hydrogen-bond donors (Lipinski definition) is 1. The molecule has 60 valence electrons. The van der Waals surface area contributed by atoms with E-state index in [-0.39, 0.29) is 6.61 Å². The molecule has 1 aromatic carbocycles. The van der Waals surface area contributed by atoms with Crippen LogP contribution >= 0.6 is 23.2 Å². The van der Waals surface area contributed by atoms with Crippen molar-refractivity contribution in [1.29, 1.82) is 0 Å². The van der Waals surface area contributed by atoms with Gasteiger partial charge in [-0.05, 0) is 11.6 Å². The molecule has 0 atom stereocenters. The summed E-state index contributed by atoms with van der Waals surface area (Å²) in [4.78, 5) is 0. The Bertz CT molecular complexity index is 248. The molecule has 1 nitrogen and oxygen atoms in total. The van der Waals surface area contributed by atoms with Gasteiger partial charge in [0.05, 0.1) is 6.61 Å². The summed E-state index contributed by atoms with van der Waals surface area (Å²) in [5, 5.41) is 9.46. The van der Waals surface area contributed by atoms with Gasteiger partial charge in [-0.25, -0.2) is 0 Å². The fourth-order valence-corrected chi connectivity index (χ4v) is 1.41. The van der Waals surface area contributed by atoms with E-state index in [1.54, 1.807) is 6.07 Å². The van der Waals surface area contributed by atoms with Crippen molar-refractivity contribution in [3.63, 3.8) is 0 Å². The summed E-state index contributed by atoms with van der Waals surface area (Å²) < 4.78 is 0. The molecule has 0 saturated heterocycles. The van der Waals surface area contributed by atoms with Crippen molar-refractivity contribution in [1.82, 2.24) is 0 Å². The molecular formula is C8H8Cl2O. The van der Waals surface area contributed by atoms with E-state index >= 15 is 0 Å². The maximum atomic E-state index is 8.89. The zero-order valence-electron chi connectivity index (χ0n) is 5.85. The van der Waals surface area contributed by atoms with Crippen LogP contribution in [0.3, 0.4) is 0 Å². The highest BCUT2D eigenvalue weighted by Crippen LogP contribution is 2.20. The molecule has 0 heterocycles. The fraction of sp³-hybridized carbons (Fsp3) is 0.250. The Hall–Kier alpha value is -0.240. The monoisotopic (exact) mass is 190 g/mol. The minimum atomic E-state index is -0.0538. The Kier molecular flexibility index (Phi) is 3.18. The second kappa shape index (κ2) is 3.96. The van der Waals surface area contributed by atoms with Crippen molar-refractivity contribution in [2.24, 2.45) is 0 Å². The molecule has 0 aliphatic rings. The summed E-state index contributed by atoms with van der Waals surface area (Å²) in [7, 11) is 0. The first kappa shape index (κ1) is 8.85. The Morgan fingerprint density at radius 1 is 1.36 bits per heavy atom. The van der Waals surface area contributed by atoms with E-state index in [0.717, 1.165) is 11.1 Å². The first-order chi connectivity index (χ1) is 5.29. The highest BCUT2D eigenvalue weighted by Gasteiger charge is 2.03. The lowest BCUT2D eigenvalue weighted by atomic mass is 10.1. The largest absolute Gasteiger partial charge is 0.392 e. The summed E-state index contributed by atoms with van der Waals surface area (Å²) >= 11 is 11.4. The molecule has 0 radical (unpaired) electrons. The van der Waals surface area contributed by atoms with E-state index < -0.39 is 0 Å². The van der Waals surface area contributed by atoms with Crippen LogP contribution in [0.1, 0.15) is 11.1 Å². The van der Waals surface area contributed by atoms with Crippen LogP contribution in [0.4, 0.5) is 0 Å². The Morgan fingerprint density at radius 2 is 2.09 bits per heavy atom. The van der Waals surface area contributed by atoms with E-state index in [4.69, 9.17) is 28.3 Å². The van der Waals surface area contributed by atoms with Gasteiger partial charge in [0.1, 0.15) is 0 Å². The average Bonchev–Trinajstić information content (AvgIpc) is 2.04. The molecule has 0 fully saturated rings. The van der Waals surface area contributed by atoms with Crippen LogP contribution in [0.2, 0.25) is 5.02 Å². The van der Waals surface area contributed by atoms with Crippen LogP contribution in [-0.2, 0) is 12.5 Å². The van der Waals surface area contributed by atoms with Gasteiger partial charge in [-0.3, -0.25) is 0 Å². The van der Waals surface area contributed by atoms with Crippen LogP contribution in [-0.4, -0.2) is 5.11 Å². The third-order valence-corrected chi connectivity index (χ3v) is 2.16. The minimum absolute atomic E-state index is 0.0538. The van der Waals surface area contributed by atoms with Crippen molar-refractivity contribution < 1.29 is 5.11 Å². The summed E-state index contributed by atoms with van der Waals surface area (Å²) in [5.41, 5.74) is 1.62. The number of aliphatic hydroxyl groups excluding tert-OH is 1. The van der Waals surface area contributed by atoms with Crippen LogP contribution in [0.5, 0.6) is 0 Å². The first-order valence-corrected chi connectivity index (χ1v) is 4.14. The van der Waals surface area contributed by atoms with E-state index in [2.05, 4.69) is 0 Å². The molecule has 3 heteroatoms. The maximum absolute atomic E-state index is 8.89. The number of alkyl halides is 1. The zero-order valence-corrected chi connectivity index (χ0v) is 7.36. The Labute approximate surface area is 75.6 Å². The smallest absolute Gasteiger partial charge is 0.0699 e. The molecule has 1 aromatic rings. The lowest BCUT2D eigenvalue weighted by Crippen LogP contribution is -1.91. The third kappa shape index (κ3) is 1.86. The SMILES string of the molecule is OCc1c(Cl)cccc1CCl. The molecular weight excluding hydrogens is 183 g/mol. The van der Waals surface area contributed by atoms with Crippen LogP contribution < -0.4 is 0 Å². The molecule has 1 rings (SSSR count). The maximum Gasteiger partial charge on any atom is 0.0699 e. The van der Waals surface area contributed by atoms with E-state index in [0.29, 0.717) is 10.9 Å². The Morgan fingerprint density at radius 3 is 2.55 bits per heavy atom. The first-order valence-electron chi connectivity index (χ1n) is 3.22. The van der Waals surface area contributed by atoms with E-state index in [1.807, 2.05) is 12.1 Å². The van der Waals surface area contributed by atoms with Crippen molar-refractivity contribution >= 4 is 23.2 Å². The molecule has 1 N–H and O–H groups in total. The van der Waals surface area contributed by atoms with Crippen molar-refractivity contribution in [3.8, 4) is 0 Å². The van der Waals surface area contributed by atoms with Gasteiger partial charge in [0.2, 0.25) is 0 Å². The summed E-state index contributed by atoms with van der Waals surface area (Å²) in [5.74, 6) is 0.385. The van der Waals surface area contributed by atoms with Gasteiger partial charge in [-0.1, -0.05) is 23.7 Å².